The Morgan fingerprint density at radius 1 is 0.950 bits per heavy atom. The van der Waals surface area contributed by atoms with Crippen LogP contribution in [0.15, 0.2) is 66.0 Å². The van der Waals surface area contributed by atoms with Crippen LogP contribution in [0.25, 0.3) is 5.69 Å². The van der Waals surface area contributed by atoms with E-state index in [9.17, 15) is 13.2 Å². The van der Waals surface area contributed by atoms with Crippen LogP contribution in [0.2, 0.25) is 0 Å². The Morgan fingerprint density at radius 3 is 2.30 bits per heavy atom. The molecule has 3 aromatic carbocycles. The highest BCUT2D eigenvalue weighted by atomic mass is 32.2. The molecule has 0 aliphatic rings. The van der Waals surface area contributed by atoms with Crippen molar-refractivity contribution in [2.24, 2.45) is 0 Å². The first-order valence-corrected chi connectivity index (χ1v) is 13.3. The first kappa shape index (κ1) is 28.9. The third-order valence-electron chi connectivity index (χ3n) is 5.86. The number of hydrogen-bond donors (Lipinski definition) is 1. The number of anilines is 1. The van der Waals surface area contributed by atoms with Crippen molar-refractivity contribution in [3.63, 3.8) is 0 Å². The maximum Gasteiger partial charge on any atom is 0.173 e. The van der Waals surface area contributed by atoms with Gasteiger partial charge in [0.1, 0.15) is 17.5 Å². The van der Waals surface area contributed by atoms with Gasteiger partial charge in [-0.05, 0) is 62.6 Å². The summed E-state index contributed by atoms with van der Waals surface area (Å²) in [6.45, 7) is 0.847. The number of benzene rings is 3. The number of thioether (sulfide) groups is 1. The number of rotatable bonds is 10. The number of methoxy groups -OCH3 is 2. The molecule has 1 N–H and O–H groups in total. The zero-order valence-corrected chi connectivity index (χ0v) is 23.4. The summed E-state index contributed by atoms with van der Waals surface area (Å²) in [5, 5.41) is 3.83. The lowest BCUT2D eigenvalue weighted by molar-refractivity contribution is 0.355. The number of ether oxygens (including phenoxy) is 2. The molecule has 1 aromatic heterocycles. The Kier molecular flexibility index (Phi) is 9.64. The Labute approximate surface area is 236 Å². The van der Waals surface area contributed by atoms with E-state index < -0.39 is 11.6 Å². The Morgan fingerprint density at radius 2 is 1.65 bits per heavy atom. The molecule has 4 aromatic rings. The minimum atomic E-state index is -0.670. The van der Waals surface area contributed by atoms with E-state index in [0.717, 1.165) is 11.4 Å². The molecule has 0 aliphatic carbocycles. The molecule has 0 radical (unpaired) electrons. The molecular weight excluding hydrogens is 537 g/mol. The van der Waals surface area contributed by atoms with E-state index in [-0.39, 0.29) is 22.7 Å². The van der Waals surface area contributed by atoms with E-state index in [1.165, 1.54) is 36.0 Å². The van der Waals surface area contributed by atoms with Crippen LogP contribution in [0.4, 0.5) is 18.9 Å². The summed E-state index contributed by atoms with van der Waals surface area (Å²) >= 11 is 1.18. The van der Waals surface area contributed by atoms with E-state index in [1.807, 2.05) is 35.7 Å². The van der Waals surface area contributed by atoms with Crippen LogP contribution >= 0.6 is 11.8 Å². The van der Waals surface area contributed by atoms with Crippen molar-refractivity contribution in [2.75, 3.05) is 40.2 Å². The first-order valence-electron chi connectivity index (χ1n) is 12.3. The van der Waals surface area contributed by atoms with Gasteiger partial charge in [0.2, 0.25) is 0 Å². The fraction of sp³-hybridized carbons (Fsp3) is 0.233. The van der Waals surface area contributed by atoms with Gasteiger partial charge >= 0.3 is 0 Å². The van der Waals surface area contributed by atoms with Crippen LogP contribution in [-0.2, 0) is 12.3 Å². The zero-order chi connectivity index (χ0) is 28.6. The monoisotopic (exact) mass is 566 g/mol. The maximum atomic E-state index is 14.9. The van der Waals surface area contributed by atoms with Crippen molar-refractivity contribution in [1.82, 2.24) is 14.5 Å². The molecule has 10 heteroatoms. The maximum absolute atomic E-state index is 14.9. The van der Waals surface area contributed by atoms with Crippen molar-refractivity contribution in [3.05, 3.63) is 95.1 Å². The molecule has 1 heterocycles. The van der Waals surface area contributed by atoms with E-state index >= 15 is 0 Å². The number of halogens is 3. The molecule has 0 spiro atoms. The average molecular weight is 567 g/mol. The molecule has 0 fully saturated rings. The molecule has 40 heavy (non-hydrogen) atoms. The molecule has 4 rings (SSSR count). The van der Waals surface area contributed by atoms with E-state index in [4.69, 9.17) is 9.47 Å². The second kappa shape index (κ2) is 13.3. The molecule has 6 nitrogen and oxygen atoms in total. The van der Waals surface area contributed by atoms with Crippen molar-refractivity contribution in [3.8, 4) is 29.0 Å². The first-order chi connectivity index (χ1) is 19.3. The van der Waals surface area contributed by atoms with Crippen molar-refractivity contribution >= 4 is 17.4 Å². The number of nitrogens with zero attached hydrogens (tertiary/aromatic N) is 3. The quantitative estimate of drug-likeness (QED) is 0.184. The smallest absolute Gasteiger partial charge is 0.173 e. The second-order valence-electron chi connectivity index (χ2n) is 9.01. The average Bonchev–Trinajstić information content (AvgIpc) is 3.34. The van der Waals surface area contributed by atoms with Gasteiger partial charge < -0.3 is 14.8 Å². The number of nitrogens with one attached hydrogen (secondary N) is 1. The largest absolute Gasteiger partial charge is 0.493 e. The lowest BCUT2D eigenvalue weighted by Gasteiger charge is -2.14. The van der Waals surface area contributed by atoms with Gasteiger partial charge in [-0.1, -0.05) is 23.6 Å². The van der Waals surface area contributed by atoms with Crippen molar-refractivity contribution in [1.29, 1.82) is 0 Å². The molecule has 0 amide bonds. The normalized spacial score (nSPS) is 10.8. The molecular formula is C30H29F3N4O2S. The molecule has 0 unspecified atom stereocenters. The summed E-state index contributed by atoms with van der Waals surface area (Å²) < 4.78 is 55.9. The standard InChI is InChI=1S/C30H29F3N4O2S/c1-36(2)13-5-6-20-14-26(32)25(27(33)15-20)19-40-30-35-18-24(37(30)23-10-7-21(31)8-11-23)17-34-22-9-12-28(38-3)29(16-22)39-4/h7-12,14-16,18,34H,13,17,19H2,1-4H3. The van der Waals surface area contributed by atoms with Gasteiger partial charge in [-0.3, -0.25) is 9.47 Å². The van der Waals surface area contributed by atoms with Crippen LogP contribution in [0, 0.1) is 29.3 Å². The summed E-state index contributed by atoms with van der Waals surface area (Å²) in [5.41, 5.74) is 2.43. The number of imidazole rings is 1. The Hall–Kier alpha value is -4.07. The van der Waals surface area contributed by atoms with Crippen LogP contribution in [-0.4, -0.2) is 49.3 Å². The summed E-state index contributed by atoms with van der Waals surface area (Å²) in [6, 6.07) is 13.9. The summed E-state index contributed by atoms with van der Waals surface area (Å²) in [4.78, 5) is 6.38. The molecule has 0 atom stereocenters. The zero-order valence-electron chi connectivity index (χ0n) is 22.6. The fourth-order valence-electron chi connectivity index (χ4n) is 3.85. The van der Waals surface area contributed by atoms with Crippen LogP contribution in [0.5, 0.6) is 11.5 Å². The minimum absolute atomic E-state index is 0.00380. The minimum Gasteiger partial charge on any atom is -0.493 e. The highest BCUT2D eigenvalue weighted by molar-refractivity contribution is 7.98. The van der Waals surface area contributed by atoms with Gasteiger partial charge in [-0.25, -0.2) is 18.2 Å². The topological polar surface area (TPSA) is 51.5 Å². The van der Waals surface area contributed by atoms with Gasteiger partial charge in [0.15, 0.2) is 16.7 Å². The van der Waals surface area contributed by atoms with Crippen LogP contribution < -0.4 is 14.8 Å². The number of aromatic nitrogens is 2. The van der Waals surface area contributed by atoms with Gasteiger partial charge in [0, 0.05) is 34.3 Å². The van der Waals surface area contributed by atoms with Gasteiger partial charge in [-0.15, -0.1) is 0 Å². The molecule has 0 saturated heterocycles. The fourth-order valence-corrected chi connectivity index (χ4v) is 4.88. The molecule has 0 bridgehead atoms. The van der Waals surface area contributed by atoms with E-state index in [1.54, 1.807) is 38.6 Å². The van der Waals surface area contributed by atoms with Gasteiger partial charge in [-0.2, -0.15) is 0 Å². The van der Waals surface area contributed by atoms with Gasteiger partial charge in [0.05, 0.1) is 39.2 Å². The SMILES string of the molecule is COc1ccc(NCc2cnc(SCc3c(F)cc(C#CCN(C)C)cc3F)n2-c2ccc(F)cc2)cc1OC. The molecule has 0 saturated carbocycles. The third kappa shape index (κ3) is 7.11. The third-order valence-corrected chi connectivity index (χ3v) is 6.84. The summed E-state index contributed by atoms with van der Waals surface area (Å²) in [6.07, 6.45) is 1.68. The van der Waals surface area contributed by atoms with E-state index in [0.29, 0.717) is 35.4 Å². The molecule has 0 aliphatic heterocycles. The summed E-state index contributed by atoms with van der Waals surface area (Å²) in [7, 11) is 6.86. The Bertz CT molecular complexity index is 1510. The second-order valence-corrected chi connectivity index (χ2v) is 9.96. The van der Waals surface area contributed by atoms with Crippen LogP contribution in [0.1, 0.15) is 16.8 Å². The highest BCUT2D eigenvalue weighted by Crippen LogP contribution is 2.31. The van der Waals surface area contributed by atoms with Gasteiger partial charge in [0.25, 0.3) is 0 Å². The molecule has 208 valence electrons. The van der Waals surface area contributed by atoms with Crippen LogP contribution in [0.3, 0.4) is 0 Å². The predicted octanol–water partition coefficient (Wildman–Crippen LogP) is 6.12. The lowest BCUT2D eigenvalue weighted by atomic mass is 10.1. The lowest BCUT2D eigenvalue weighted by Crippen LogP contribution is -2.10. The predicted molar refractivity (Wildman–Crippen MR) is 152 cm³/mol. The number of hydrogen-bond acceptors (Lipinski definition) is 6. The van der Waals surface area contributed by atoms with Crippen molar-refractivity contribution in [2.45, 2.75) is 17.5 Å². The summed E-state index contributed by atoms with van der Waals surface area (Å²) in [5.74, 6) is 5.15. The highest BCUT2D eigenvalue weighted by Gasteiger charge is 2.17. The van der Waals surface area contributed by atoms with Crippen molar-refractivity contribution < 1.29 is 22.6 Å². The Balaban J connectivity index is 1.57. The van der Waals surface area contributed by atoms with E-state index in [2.05, 4.69) is 22.1 Å².